The third kappa shape index (κ3) is 3.41. The molecule has 1 atom stereocenters. The predicted molar refractivity (Wildman–Crippen MR) is 80.1 cm³/mol. The summed E-state index contributed by atoms with van der Waals surface area (Å²) in [4.78, 5) is 10.5. The number of ether oxygens (including phenoxy) is 1. The molecule has 0 amide bonds. The van der Waals surface area contributed by atoms with Gasteiger partial charge in [0.2, 0.25) is 0 Å². The first kappa shape index (κ1) is 14.5. The van der Waals surface area contributed by atoms with Crippen LogP contribution in [0.15, 0.2) is 24.3 Å². The van der Waals surface area contributed by atoms with Gasteiger partial charge in [0, 0.05) is 31.3 Å². The Morgan fingerprint density at radius 2 is 2.19 bits per heavy atom. The van der Waals surface area contributed by atoms with Crippen LogP contribution in [0.4, 0.5) is 5.69 Å². The van der Waals surface area contributed by atoms with Crippen molar-refractivity contribution >= 4 is 5.69 Å². The number of non-ortho nitro benzene ring substituents is 1. The van der Waals surface area contributed by atoms with E-state index in [9.17, 15) is 10.1 Å². The second-order valence-electron chi connectivity index (χ2n) is 6.24. The monoisotopic (exact) mass is 290 g/mol. The number of nitrogens with zero attached hydrogens (tertiary/aromatic N) is 1. The van der Waals surface area contributed by atoms with Gasteiger partial charge in [-0.1, -0.05) is 25.0 Å². The molecular formula is C16H22N2O3. The molecule has 2 fully saturated rings. The van der Waals surface area contributed by atoms with E-state index in [1.165, 1.54) is 31.7 Å². The third-order valence-electron chi connectivity index (χ3n) is 4.72. The normalized spacial score (nSPS) is 24.3. The number of hydrogen-bond donors (Lipinski definition) is 1. The van der Waals surface area contributed by atoms with Crippen LogP contribution in [0, 0.1) is 10.1 Å². The second-order valence-corrected chi connectivity index (χ2v) is 6.24. The van der Waals surface area contributed by atoms with Gasteiger partial charge in [-0.3, -0.25) is 10.1 Å². The van der Waals surface area contributed by atoms with Crippen LogP contribution in [-0.2, 0) is 11.3 Å². The van der Waals surface area contributed by atoms with Crippen molar-refractivity contribution in [2.45, 2.75) is 56.7 Å². The van der Waals surface area contributed by atoms with Gasteiger partial charge in [0.15, 0.2) is 0 Å². The Bertz CT molecular complexity index is 512. The maximum atomic E-state index is 10.8. The Morgan fingerprint density at radius 1 is 1.38 bits per heavy atom. The van der Waals surface area contributed by atoms with Gasteiger partial charge >= 0.3 is 0 Å². The summed E-state index contributed by atoms with van der Waals surface area (Å²) in [5.74, 6) is 0. The highest BCUT2D eigenvalue weighted by Gasteiger charge is 2.39. The molecule has 0 radical (unpaired) electrons. The van der Waals surface area contributed by atoms with Crippen molar-refractivity contribution in [3.63, 3.8) is 0 Å². The van der Waals surface area contributed by atoms with Crippen LogP contribution in [0.1, 0.15) is 44.1 Å². The van der Waals surface area contributed by atoms with Crippen LogP contribution >= 0.6 is 0 Å². The van der Waals surface area contributed by atoms with Crippen LogP contribution < -0.4 is 5.32 Å². The molecular weight excluding hydrogens is 268 g/mol. The lowest BCUT2D eigenvalue weighted by Crippen LogP contribution is -2.45. The van der Waals surface area contributed by atoms with E-state index < -0.39 is 0 Å². The topological polar surface area (TPSA) is 64.4 Å². The molecule has 1 aliphatic heterocycles. The average molecular weight is 290 g/mol. The Morgan fingerprint density at radius 3 is 2.95 bits per heavy atom. The average Bonchev–Trinajstić information content (AvgIpc) is 2.93. The highest BCUT2D eigenvalue weighted by Crippen LogP contribution is 2.40. The molecule has 1 unspecified atom stereocenters. The fourth-order valence-corrected chi connectivity index (χ4v) is 3.61. The first-order valence-corrected chi connectivity index (χ1v) is 7.78. The summed E-state index contributed by atoms with van der Waals surface area (Å²) in [6.45, 7) is 1.51. The molecule has 3 rings (SSSR count). The molecule has 1 aliphatic carbocycles. The number of nitro groups is 1. The summed E-state index contributed by atoms with van der Waals surface area (Å²) < 4.78 is 6.03. The minimum atomic E-state index is -0.342. The molecule has 1 saturated carbocycles. The van der Waals surface area contributed by atoms with Crippen molar-refractivity contribution in [1.29, 1.82) is 0 Å². The lowest BCUT2D eigenvalue weighted by Gasteiger charge is -2.38. The lowest BCUT2D eigenvalue weighted by atomic mass is 9.89. The number of benzene rings is 1. The van der Waals surface area contributed by atoms with Crippen LogP contribution in [0.5, 0.6) is 0 Å². The number of rotatable bonds is 4. The van der Waals surface area contributed by atoms with Crippen molar-refractivity contribution < 1.29 is 9.66 Å². The van der Waals surface area contributed by atoms with Crippen molar-refractivity contribution in [3.05, 3.63) is 39.9 Å². The number of hydrogen-bond acceptors (Lipinski definition) is 4. The molecule has 1 heterocycles. The molecule has 1 spiro atoms. The van der Waals surface area contributed by atoms with E-state index in [4.69, 9.17) is 4.74 Å². The molecule has 5 nitrogen and oxygen atoms in total. The Labute approximate surface area is 124 Å². The Hall–Kier alpha value is -1.46. The summed E-state index contributed by atoms with van der Waals surface area (Å²) in [7, 11) is 0. The van der Waals surface area contributed by atoms with Gasteiger partial charge in [-0.05, 0) is 31.2 Å². The van der Waals surface area contributed by atoms with Crippen molar-refractivity contribution in [2.24, 2.45) is 0 Å². The standard InChI is InChI=1S/C16H22N2O3/c19-18(20)15-5-3-4-13(10-15)12-17-14-6-9-21-16(11-14)7-1-2-8-16/h3-5,10,14,17H,1-2,6-9,11-12H2. The Balaban J connectivity index is 1.57. The second kappa shape index (κ2) is 6.12. The minimum absolute atomic E-state index is 0.110. The molecule has 1 saturated heterocycles. The number of nitro benzene ring substituents is 1. The first-order valence-electron chi connectivity index (χ1n) is 7.78. The smallest absolute Gasteiger partial charge is 0.269 e. The van der Waals surface area contributed by atoms with Gasteiger partial charge in [0.05, 0.1) is 10.5 Å². The molecule has 1 aromatic rings. The van der Waals surface area contributed by atoms with Gasteiger partial charge < -0.3 is 10.1 Å². The molecule has 2 aliphatic rings. The highest BCUT2D eigenvalue weighted by molar-refractivity contribution is 5.34. The van der Waals surface area contributed by atoms with Crippen LogP contribution in [0.2, 0.25) is 0 Å². The molecule has 1 N–H and O–H groups in total. The van der Waals surface area contributed by atoms with E-state index in [1.54, 1.807) is 12.1 Å². The van der Waals surface area contributed by atoms with Crippen molar-refractivity contribution in [1.82, 2.24) is 5.32 Å². The third-order valence-corrected chi connectivity index (χ3v) is 4.72. The minimum Gasteiger partial charge on any atom is -0.375 e. The number of nitrogens with one attached hydrogen (secondary N) is 1. The maximum Gasteiger partial charge on any atom is 0.269 e. The van der Waals surface area contributed by atoms with Crippen LogP contribution in [0.3, 0.4) is 0 Å². The quantitative estimate of drug-likeness (QED) is 0.683. The molecule has 0 aromatic heterocycles. The van der Waals surface area contributed by atoms with Crippen LogP contribution in [-0.4, -0.2) is 23.2 Å². The van der Waals surface area contributed by atoms with E-state index in [0.717, 1.165) is 25.0 Å². The first-order chi connectivity index (χ1) is 10.2. The van der Waals surface area contributed by atoms with Crippen molar-refractivity contribution in [2.75, 3.05) is 6.61 Å². The van der Waals surface area contributed by atoms with E-state index in [0.29, 0.717) is 12.6 Å². The summed E-state index contributed by atoms with van der Waals surface area (Å²) in [5.41, 5.74) is 1.24. The van der Waals surface area contributed by atoms with E-state index in [2.05, 4.69) is 5.32 Å². The lowest BCUT2D eigenvalue weighted by molar-refractivity contribution is -0.384. The summed E-state index contributed by atoms with van der Waals surface area (Å²) in [6, 6.07) is 7.32. The molecule has 1 aromatic carbocycles. The zero-order valence-electron chi connectivity index (χ0n) is 12.2. The summed E-state index contributed by atoms with van der Waals surface area (Å²) >= 11 is 0. The van der Waals surface area contributed by atoms with Gasteiger partial charge in [-0.15, -0.1) is 0 Å². The molecule has 21 heavy (non-hydrogen) atoms. The fourth-order valence-electron chi connectivity index (χ4n) is 3.61. The zero-order chi connectivity index (χ0) is 14.7. The maximum absolute atomic E-state index is 10.8. The zero-order valence-corrected chi connectivity index (χ0v) is 12.2. The van der Waals surface area contributed by atoms with Crippen LogP contribution in [0.25, 0.3) is 0 Å². The molecule has 114 valence electrons. The molecule has 5 heteroatoms. The van der Waals surface area contributed by atoms with E-state index in [-0.39, 0.29) is 16.2 Å². The van der Waals surface area contributed by atoms with Gasteiger partial charge in [0.25, 0.3) is 5.69 Å². The predicted octanol–water partition coefficient (Wildman–Crippen LogP) is 3.18. The van der Waals surface area contributed by atoms with Crippen molar-refractivity contribution in [3.8, 4) is 0 Å². The van der Waals surface area contributed by atoms with Gasteiger partial charge in [-0.25, -0.2) is 0 Å². The fraction of sp³-hybridized carbons (Fsp3) is 0.625. The van der Waals surface area contributed by atoms with E-state index in [1.807, 2.05) is 6.07 Å². The van der Waals surface area contributed by atoms with Gasteiger partial charge in [-0.2, -0.15) is 0 Å². The molecule has 0 bridgehead atoms. The van der Waals surface area contributed by atoms with E-state index >= 15 is 0 Å². The van der Waals surface area contributed by atoms with Gasteiger partial charge in [0.1, 0.15) is 0 Å². The SMILES string of the molecule is O=[N+]([O-])c1cccc(CNC2CCOC3(CCCC3)C2)c1. The largest absolute Gasteiger partial charge is 0.375 e. The summed E-state index contributed by atoms with van der Waals surface area (Å²) in [5, 5.41) is 14.4. The Kier molecular flexibility index (Phi) is 4.22. The highest BCUT2D eigenvalue weighted by atomic mass is 16.6. The summed E-state index contributed by atoms with van der Waals surface area (Å²) in [6.07, 6.45) is 7.01.